The number of benzene rings is 2. The average molecular weight is 333 g/mol. The molecule has 3 rings (SSSR count). The number of nitrogens with zero attached hydrogens (tertiary/aromatic N) is 1. The summed E-state index contributed by atoms with van der Waals surface area (Å²) in [6, 6.07) is 13.5. The lowest BCUT2D eigenvalue weighted by molar-refractivity contribution is 0.171. The van der Waals surface area contributed by atoms with Crippen molar-refractivity contribution in [2.24, 2.45) is 0 Å². The summed E-state index contributed by atoms with van der Waals surface area (Å²) in [7, 11) is 1.69. The first kappa shape index (κ1) is 15.8. The second kappa shape index (κ2) is 7.01. The van der Waals surface area contributed by atoms with Crippen molar-refractivity contribution in [2.75, 3.05) is 30.8 Å². The maximum absolute atomic E-state index is 6.18. The van der Waals surface area contributed by atoms with Crippen molar-refractivity contribution >= 4 is 23.0 Å². The monoisotopic (exact) mass is 332 g/mol. The normalized spacial score (nSPS) is 15.5. The zero-order chi connectivity index (χ0) is 16.2. The second-order valence-electron chi connectivity index (χ2n) is 5.70. The van der Waals surface area contributed by atoms with Crippen molar-refractivity contribution in [1.82, 2.24) is 0 Å². The topological polar surface area (TPSA) is 47.7 Å². The van der Waals surface area contributed by atoms with Gasteiger partial charge in [-0.15, -0.1) is 0 Å². The first-order valence-corrected chi connectivity index (χ1v) is 8.14. The van der Waals surface area contributed by atoms with Crippen molar-refractivity contribution in [3.8, 4) is 11.5 Å². The number of piperidine rings is 1. The summed E-state index contributed by atoms with van der Waals surface area (Å²) in [4.78, 5) is 2.35. The Kier molecular flexibility index (Phi) is 4.82. The molecular weight excluding hydrogens is 312 g/mol. The van der Waals surface area contributed by atoms with Gasteiger partial charge in [0.15, 0.2) is 0 Å². The molecular formula is C18H21ClN2O2. The highest BCUT2D eigenvalue weighted by Crippen LogP contribution is 2.30. The van der Waals surface area contributed by atoms with Crippen LogP contribution in [0.5, 0.6) is 11.5 Å². The molecule has 0 amide bonds. The Morgan fingerprint density at radius 3 is 2.61 bits per heavy atom. The molecule has 23 heavy (non-hydrogen) atoms. The third-order valence-corrected chi connectivity index (χ3v) is 4.41. The van der Waals surface area contributed by atoms with E-state index in [2.05, 4.69) is 17.0 Å². The number of methoxy groups -OCH3 is 1. The van der Waals surface area contributed by atoms with Crippen LogP contribution in [0.1, 0.15) is 12.8 Å². The molecule has 0 atom stereocenters. The molecule has 1 fully saturated rings. The van der Waals surface area contributed by atoms with Crippen LogP contribution >= 0.6 is 11.6 Å². The van der Waals surface area contributed by atoms with Crippen molar-refractivity contribution in [3.63, 3.8) is 0 Å². The third kappa shape index (κ3) is 3.82. The number of nitrogens with two attached hydrogens (primary N) is 1. The lowest BCUT2D eigenvalue weighted by atomic mass is 10.1. The minimum Gasteiger partial charge on any atom is -0.497 e. The van der Waals surface area contributed by atoms with Crippen LogP contribution in [0.15, 0.2) is 42.5 Å². The molecule has 0 aliphatic carbocycles. The molecule has 0 spiro atoms. The predicted octanol–water partition coefficient (Wildman–Crippen LogP) is 3.98. The molecule has 1 saturated heterocycles. The fourth-order valence-corrected chi connectivity index (χ4v) is 3.06. The molecule has 0 unspecified atom stereocenters. The van der Waals surface area contributed by atoms with Crippen molar-refractivity contribution in [1.29, 1.82) is 0 Å². The van der Waals surface area contributed by atoms with Gasteiger partial charge in [-0.3, -0.25) is 0 Å². The van der Waals surface area contributed by atoms with Gasteiger partial charge in [0.25, 0.3) is 0 Å². The standard InChI is InChI=1S/C18H21ClN2O2/c1-22-16-4-2-3-14(12-16)21-9-7-15(8-10-21)23-18-6-5-13(20)11-17(18)19/h2-6,11-12,15H,7-10,20H2,1H3. The summed E-state index contributed by atoms with van der Waals surface area (Å²) < 4.78 is 11.3. The number of hydrogen-bond donors (Lipinski definition) is 1. The number of anilines is 2. The van der Waals surface area contributed by atoms with E-state index in [4.69, 9.17) is 26.8 Å². The van der Waals surface area contributed by atoms with E-state index >= 15 is 0 Å². The van der Waals surface area contributed by atoms with Crippen LogP contribution in [0, 0.1) is 0 Å². The fourth-order valence-electron chi connectivity index (χ4n) is 2.83. The summed E-state index contributed by atoms with van der Waals surface area (Å²) in [5.74, 6) is 1.59. The van der Waals surface area contributed by atoms with Crippen LogP contribution in [0.25, 0.3) is 0 Å². The smallest absolute Gasteiger partial charge is 0.138 e. The van der Waals surface area contributed by atoms with Crippen LogP contribution in [0.2, 0.25) is 5.02 Å². The molecule has 1 heterocycles. The van der Waals surface area contributed by atoms with Gasteiger partial charge in [-0.2, -0.15) is 0 Å². The molecule has 1 aliphatic rings. The van der Waals surface area contributed by atoms with Crippen LogP contribution in [0.3, 0.4) is 0 Å². The van der Waals surface area contributed by atoms with E-state index in [1.165, 1.54) is 5.69 Å². The Bertz CT molecular complexity index is 670. The minimum absolute atomic E-state index is 0.179. The molecule has 2 N–H and O–H groups in total. The number of rotatable bonds is 4. The van der Waals surface area contributed by atoms with E-state index in [0.29, 0.717) is 16.5 Å². The Morgan fingerprint density at radius 1 is 1.13 bits per heavy atom. The number of nitrogen functional groups attached to an aromatic ring is 1. The molecule has 1 aliphatic heterocycles. The third-order valence-electron chi connectivity index (χ3n) is 4.11. The number of hydrogen-bond acceptors (Lipinski definition) is 4. The van der Waals surface area contributed by atoms with Crippen LogP contribution < -0.4 is 20.1 Å². The zero-order valence-corrected chi connectivity index (χ0v) is 13.9. The zero-order valence-electron chi connectivity index (χ0n) is 13.2. The molecule has 0 radical (unpaired) electrons. The van der Waals surface area contributed by atoms with Gasteiger partial charge in [0.2, 0.25) is 0 Å². The Balaban J connectivity index is 1.59. The van der Waals surface area contributed by atoms with E-state index in [1.807, 2.05) is 24.3 Å². The molecule has 2 aromatic carbocycles. The summed E-state index contributed by atoms with van der Waals surface area (Å²) in [6.07, 6.45) is 2.09. The highest BCUT2D eigenvalue weighted by Gasteiger charge is 2.21. The molecule has 0 aromatic heterocycles. The molecule has 2 aromatic rings. The maximum atomic E-state index is 6.18. The molecule has 5 heteroatoms. The van der Waals surface area contributed by atoms with Gasteiger partial charge in [0.1, 0.15) is 17.6 Å². The first-order chi connectivity index (χ1) is 11.2. The Hall–Kier alpha value is -2.07. The van der Waals surface area contributed by atoms with Gasteiger partial charge >= 0.3 is 0 Å². The van der Waals surface area contributed by atoms with Crippen LogP contribution in [-0.4, -0.2) is 26.3 Å². The predicted molar refractivity (Wildman–Crippen MR) is 94.7 cm³/mol. The molecule has 0 bridgehead atoms. The SMILES string of the molecule is COc1cccc(N2CCC(Oc3ccc(N)cc3Cl)CC2)c1. The maximum Gasteiger partial charge on any atom is 0.138 e. The first-order valence-electron chi connectivity index (χ1n) is 7.76. The summed E-state index contributed by atoms with van der Waals surface area (Å²) in [5, 5.41) is 0.570. The van der Waals surface area contributed by atoms with Gasteiger partial charge < -0.3 is 20.1 Å². The van der Waals surface area contributed by atoms with Crippen molar-refractivity contribution in [3.05, 3.63) is 47.5 Å². The van der Waals surface area contributed by atoms with Crippen LogP contribution in [-0.2, 0) is 0 Å². The quantitative estimate of drug-likeness (QED) is 0.860. The molecule has 0 saturated carbocycles. The Labute approximate surface area is 141 Å². The van der Waals surface area contributed by atoms with Gasteiger partial charge in [-0.1, -0.05) is 17.7 Å². The van der Waals surface area contributed by atoms with Crippen molar-refractivity contribution in [2.45, 2.75) is 18.9 Å². The van der Waals surface area contributed by atoms with E-state index < -0.39 is 0 Å². The number of halogens is 1. The average Bonchev–Trinajstić information content (AvgIpc) is 2.58. The molecule has 4 nitrogen and oxygen atoms in total. The fraction of sp³-hybridized carbons (Fsp3) is 0.333. The minimum atomic E-state index is 0.179. The van der Waals surface area contributed by atoms with Gasteiger partial charge in [0.05, 0.1) is 12.1 Å². The van der Waals surface area contributed by atoms with E-state index in [9.17, 15) is 0 Å². The highest BCUT2D eigenvalue weighted by atomic mass is 35.5. The van der Waals surface area contributed by atoms with Gasteiger partial charge in [0, 0.05) is 43.4 Å². The highest BCUT2D eigenvalue weighted by molar-refractivity contribution is 6.32. The van der Waals surface area contributed by atoms with Crippen molar-refractivity contribution < 1.29 is 9.47 Å². The Morgan fingerprint density at radius 2 is 1.91 bits per heavy atom. The second-order valence-corrected chi connectivity index (χ2v) is 6.10. The summed E-state index contributed by atoms with van der Waals surface area (Å²) in [6.45, 7) is 1.90. The van der Waals surface area contributed by atoms with Crippen LogP contribution in [0.4, 0.5) is 11.4 Å². The molecule has 122 valence electrons. The number of ether oxygens (including phenoxy) is 2. The largest absolute Gasteiger partial charge is 0.497 e. The van der Waals surface area contributed by atoms with E-state index in [-0.39, 0.29) is 6.10 Å². The lowest BCUT2D eigenvalue weighted by Gasteiger charge is -2.34. The van der Waals surface area contributed by atoms with E-state index in [1.54, 1.807) is 13.2 Å². The van der Waals surface area contributed by atoms with E-state index in [0.717, 1.165) is 31.7 Å². The lowest BCUT2D eigenvalue weighted by Crippen LogP contribution is -2.38. The summed E-state index contributed by atoms with van der Waals surface area (Å²) in [5.41, 5.74) is 7.55. The van der Waals surface area contributed by atoms with Gasteiger partial charge in [-0.05, 0) is 30.3 Å². The summed E-state index contributed by atoms with van der Waals surface area (Å²) >= 11 is 6.18. The van der Waals surface area contributed by atoms with Gasteiger partial charge in [-0.25, -0.2) is 0 Å².